The number of benzene rings is 1. The van der Waals surface area contributed by atoms with Gasteiger partial charge in [0.15, 0.2) is 9.84 Å². The molecule has 1 unspecified atom stereocenters. The number of piperazine rings is 1. The number of carbonyl (C=O) groups excluding carboxylic acids is 1. The summed E-state index contributed by atoms with van der Waals surface area (Å²) in [6.07, 6.45) is 0.559. The Bertz CT molecular complexity index is 791. The summed E-state index contributed by atoms with van der Waals surface area (Å²) in [6.45, 7) is 8.21. The summed E-state index contributed by atoms with van der Waals surface area (Å²) < 4.78 is 23.5. The van der Waals surface area contributed by atoms with Crippen molar-refractivity contribution in [1.82, 2.24) is 9.80 Å². The van der Waals surface area contributed by atoms with Crippen LogP contribution < -0.4 is 4.90 Å². The molecule has 2 aliphatic heterocycles. The summed E-state index contributed by atoms with van der Waals surface area (Å²) in [4.78, 5) is 19.0. The maximum atomic E-state index is 12.7. The van der Waals surface area contributed by atoms with E-state index in [0.717, 1.165) is 36.9 Å². The molecule has 150 valence electrons. The summed E-state index contributed by atoms with van der Waals surface area (Å²) in [7, 11) is -2.99. The minimum atomic E-state index is -2.99. The Kier molecular flexibility index (Phi) is 6.33. The molecule has 0 bridgehead atoms. The first-order chi connectivity index (χ1) is 12.8. The van der Waals surface area contributed by atoms with Gasteiger partial charge in [-0.05, 0) is 38.0 Å². The van der Waals surface area contributed by atoms with Gasteiger partial charge in [0.25, 0.3) is 0 Å². The molecule has 1 aromatic rings. The SMILES string of the molecule is CCN(C(=O)CN1CCN(c2cc(Cl)ccc2C)CC1)C1CCS(=O)(=O)C1. The maximum Gasteiger partial charge on any atom is 0.237 e. The Morgan fingerprint density at radius 1 is 1.26 bits per heavy atom. The summed E-state index contributed by atoms with van der Waals surface area (Å²) in [6, 6.07) is 5.76. The van der Waals surface area contributed by atoms with Crippen LogP contribution in [-0.4, -0.2) is 80.9 Å². The van der Waals surface area contributed by atoms with Gasteiger partial charge >= 0.3 is 0 Å². The molecule has 1 atom stereocenters. The molecule has 6 nitrogen and oxygen atoms in total. The lowest BCUT2D eigenvalue weighted by molar-refractivity contribution is -0.134. The van der Waals surface area contributed by atoms with Crippen LogP contribution in [0.2, 0.25) is 5.02 Å². The molecule has 2 heterocycles. The van der Waals surface area contributed by atoms with Crippen molar-refractivity contribution >= 4 is 33.0 Å². The van der Waals surface area contributed by atoms with Crippen molar-refractivity contribution in [3.8, 4) is 0 Å². The molecule has 2 aliphatic rings. The highest BCUT2D eigenvalue weighted by Gasteiger charge is 2.34. The summed E-state index contributed by atoms with van der Waals surface area (Å²) >= 11 is 6.14. The van der Waals surface area contributed by atoms with Crippen LogP contribution in [0.1, 0.15) is 18.9 Å². The van der Waals surface area contributed by atoms with Crippen molar-refractivity contribution < 1.29 is 13.2 Å². The number of amides is 1. The number of sulfone groups is 1. The first-order valence-corrected chi connectivity index (χ1v) is 11.7. The third kappa shape index (κ3) is 4.95. The van der Waals surface area contributed by atoms with E-state index in [9.17, 15) is 13.2 Å². The van der Waals surface area contributed by atoms with Crippen molar-refractivity contribution in [1.29, 1.82) is 0 Å². The second kappa shape index (κ2) is 8.37. The van der Waals surface area contributed by atoms with Crippen LogP contribution in [0.5, 0.6) is 0 Å². The molecular weight excluding hydrogens is 386 g/mol. The third-order valence-electron chi connectivity index (χ3n) is 5.55. The van der Waals surface area contributed by atoms with Crippen LogP contribution >= 0.6 is 11.6 Å². The number of halogens is 1. The minimum Gasteiger partial charge on any atom is -0.369 e. The molecule has 1 amide bonds. The predicted molar refractivity (Wildman–Crippen MR) is 109 cm³/mol. The van der Waals surface area contributed by atoms with Gasteiger partial charge in [-0.1, -0.05) is 17.7 Å². The highest BCUT2D eigenvalue weighted by Crippen LogP contribution is 2.25. The number of nitrogens with zero attached hydrogens (tertiary/aromatic N) is 3. The molecule has 27 heavy (non-hydrogen) atoms. The predicted octanol–water partition coefficient (Wildman–Crippen LogP) is 1.81. The quantitative estimate of drug-likeness (QED) is 0.736. The molecular formula is C19H28ClN3O3S. The van der Waals surface area contributed by atoms with Crippen molar-refractivity contribution in [2.45, 2.75) is 26.3 Å². The maximum absolute atomic E-state index is 12.7. The van der Waals surface area contributed by atoms with Crippen LogP contribution in [0.3, 0.4) is 0 Å². The summed E-state index contributed by atoms with van der Waals surface area (Å²) in [5.74, 6) is 0.333. The lowest BCUT2D eigenvalue weighted by Crippen LogP contribution is -2.52. The van der Waals surface area contributed by atoms with Crippen LogP contribution in [-0.2, 0) is 14.6 Å². The van der Waals surface area contributed by atoms with E-state index in [4.69, 9.17) is 11.6 Å². The molecule has 0 aliphatic carbocycles. The lowest BCUT2D eigenvalue weighted by Gasteiger charge is -2.37. The van der Waals surface area contributed by atoms with E-state index in [2.05, 4.69) is 16.7 Å². The van der Waals surface area contributed by atoms with Gasteiger partial charge in [0.05, 0.1) is 18.1 Å². The fourth-order valence-electron chi connectivity index (χ4n) is 4.01. The lowest BCUT2D eigenvalue weighted by atomic mass is 10.1. The standard InChI is InChI=1S/C19H28ClN3O3S/c1-3-23(17-6-11-27(25,26)14-17)19(24)13-21-7-9-22(10-8-21)18-12-16(20)5-4-15(18)2/h4-5,12,17H,3,6-11,13-14H2,1-2H3. The van der Waals surface area contributed by atoms with Crippen molar-refractivity contribution in [2.24, 2.45) is 0 Å². The van der Waals surface area contributed by atoms with E-state index in [1.165, 1.54) is 5.56 Å². The average molecular weight is 414 g/mol. The second-order valence-corrected chi connectivity index (χ2v) is 10.1. The smallest absolute Gasteiger partial charge is 0.237 e. The molecule has 0 spiro atoms. The largest absolute Gasteiger partial charge is 0.369 e. The monoisotopic (exact) mass is 413 g/mol. The topological polar surface area (TPSA) is 60.9 Å². The number of hydrogen-bond acceptors (Lipinski definition) is 5. The summed E-state index contributed by atoms with van der Waals surface area (Å²) in [5.41, 5.74) is 2.35. The van der Waals surface area contributed by atoms with E-state index >= 15 is 0 Å². The van der Waals surface area contributed by atoms with Crippen LogP contribution in [0.15, 0.2) is 18.2 Å². The fourth-order valence-corrected chi connectivity index (χ4v) is 5.91. The molecule has 0 aromatic heterocycles. The number of aryl methyl sites for hydroxylation is 1. The number of carbonyl (C=O) groups is 1. The van der Waals surface area contributed by atoms with Gasteiger partial charge in [-0.15, -0.1) is 0 Å². The molecule has 2 fully saturated rings. The van der Waals surface area contributed by atoms with E-state index < -0.39 is 9.84 Å². The Balaban J connectivity index is 1.55. The van der Waals surface area contributed by atoms with E-state index in [-0.39, 0.29) is 23.5 Å². The van der Waals surface area contributed by atoms with Crippen molar-refractivity contribution in [3.63, 3.8) is 0 Å². The van der Waals surface area contributed by atoms with Gasteiger partial charge in [-0.3, -0.25) is 9.69 Å². The Hall–Kier alpha value is -1.31. The number of likely N-dealkylation sites (N-methyl/N-ethyl adjacent to an activating group) is 1. The first-order valence-electron chi connectivity index (χ1n) is 9.52. The molecule has 3 rings (SSSR count). The van der Waals surface area contributed by atoms with Gasteiger partial charge in [-0.25, -0.2) is 8.42 Å². The molecule has 2 saturated heterocycles. The number of hydrogen-bond donors (Lipinski definition) is 0. The van der Waals surface area contributed by atoms with Gasteiger partial charge < -0.3 is 9.80 Å². The Labute approximate surface area is 167 Å². The molecule has 0 N–H and O–H groups in total. The van der Waals surface area contributed by atoms with E-state index in [1.54, 1.807) is 4.90 Å². The van der Waals surface area contributed by atoms with Gasteiger partial charge in [0.1, 0.15) is 0 Å². The highest BCUT2D eigenvalue weighted by molar-refractivity contribution is 7.91. The van der Waals surface area contributed by atoms with E-state index in [1.807, 2.05) is 25.1 Å². The normalized spacial score (nSPS) is 22.8. The molecule has 0 radical (unpaired) electrons. The Morgan fingerprint density at radius 3 is 2.56 bits per heavy atom. The molecule has 0 saturated carbocycles. The van der Waals surface area contributed by atoms with Gasteiger partial charge in [-0.2, -0.15) is 0 Å². The Morgan fingerprint density at radius 2 is 1.96 bits per heavy atom. The van der Waals surface area contributed by atoms with Crippen molar-refractivity contribution in [2.75, 3.05) is 55.7 Å². The summed E-state index contributed by atoms with van der Waals surface area (Å²) in [5, 5.41) is 0.735. The van der Waals surface area contributed by atoms with Gasteiger partial charge in [0.2, 0.25) is 5.91 Å². The zero-order valence-corrected chi connectivity index (χ0v) is 17.6. The van der Waals surface area contributed by atoms with E-state index in [0.29, 0.717) is 19.5 Å². The highest BCUT2D eigenvalue weighted by atomic mass is 35.5. The third-order valence-corrected chi connectivity index (χ3v) is 7.54. The van der Waals surface area contributed by atoms with Crippen molar-refractivity contribution in [3.05, 3.63) is 28.8 Å². The fraction of sp³-hybridized carbons (Fsp3) is 0.632. The first kappa shape index (κ1) is 20.4. The van der Waals surface area contributed by atoms with Crippen LogP contribution in [0.25, 0.3) is 0 Å². The second-order valence-electron chi connectivity index (χ2n) is 7.43. The minimum absolute atomic E-state index is 0.0342. The van der Waals surface area contributed by atoms with Crippen LogP contribution in [0, 0.1) is 6.92 Å². The average Bonchev–Trinajstić information content (AvgIpc) is 2.98. The zero-order chi connectivity index (χ0) is 19.6. The van der Waals surface area contributed by atoms with Crippen LogP contribution in [0.4, 0.5) is 5.69 Å². The molecule has 8 heteroatoms. The molecule has 1 aromatic carbocycles. The number of anilines is 1. The van der Waals surface area contributed by atoms with Gasteiger partial charge in [0, 0.05) is 49.5 Å². The number of rotatable bonds is 5. The zero-order valence-electron chi connectivity index (χ0n) is 16.0.